The molecule has 20 heteroatoms. The number of carbonyl (C=O) groups excluding carboxylic acids is 4. The van der Waals surface area contributed by atoms with Crippen LogP contribution >= 0.6 is 11.3 Å². The summed E-state index contributed by atoms with van der Waals surface area (Å²) < 4.78 is 57.4. The van der Waals surface area contributed by atoms with Crippen molar-refractivity contribution in [1.29, 1.82) is 0 Å². The highest BCUT2D eigenvalue weighted by atomic mass is 32.2. The summed E-state index contributed by atoms with van der Waals surface area (Å²) in [7, 11) is -3.92. The summed E-state index contributed by atoms with van der Waals surface area (Å²) in [6.45, 7) is 11.8. The third-order valence-electron chi connectivity index (χ3n) is 12.8. The Hall–Kier alpha value is -6.61. The molecule has 2 saturated heterocycles. The number of pyridine rings is 1. The number of ketones is 1. The number of hydrogen-bond acceptors (Lipinski definition) is 12. The SMILES string of the molecule is CCCS(=O)(=O)Nc1ccc(F)c(C(=O)c2c[nH]c3ncc(-c4ccc(N5CCN(CC(=O)N[C@H](C(=O)N6C[C@@H](O)C[C@H]6C(=O)NCc6ccc(-c7scnc7C)cc6)C(C)(C)C)CC5)cc4)cc23)c1F. The van der Waals surface area contributed by atoms with Gasteiger partial charge in [-0.1, -0.05) is 64.1 Å². The van der Waals surface area contributed by atoms with Crippen LogP contribution in [-0.2, 0) is 31.0 Å². The van der Waals surface area contributed by atoms with Crippen LogP contribution in [0.4, 0.5) is 20.2 Å². The van der Waals surface area contributed by atoms with E-state index in [1.54, 1.807) is 36.0 Å². The molecule has 3 atom stereocenters. The number of aromatic amines is 1. The number of aryl methyl sites for hydroxylation is 1. The number of likely N-dealkylation sites (tertiary alicyclic amines) is 1. The Balaban J connectivity index is 0.857. The van der Waals surface area contributed by atoms with Gasteiger partial charge in [0.1, 0.15) is 23.5 Å². The van der Waals surface area contributed by atoms with E-state index in [1.165, 1.54) is 11.1 Å². The number of thiazole rings is 1. The highest BCUT2D eigenvalue weighted by Crippen LogP contribution is 2.32. The van der Waals surface area contributed by atoms with E-state index in [0.717, 1.165) is 45.1 Å². The van der Waals surface area contributed by atoms with Crippen molar-refractivity contribution in [1.82, 2.24) is 35.4 Å². The second-order valence-corrected chi connectivity index (χ2v) is 21.8. The molecule has 71 heavy (non-hydrogen) atoms. The summed E-state index contributed by atoms with van der Waals surface area (Å²) in [4.78, 5) is 73.4. The number of H-pyrrole nitrogens is 1. The minimum atomic E-state index is -3.92. The van der Waals surface area contributed by atoms with E-state index in [-0.39, 0.29) is 55.6 Å². The minimum absolute atomic E-state index is 0.0255. The van der Waals surface area contributed by atoms with Crippen molar-refractivity contribution in [3.8, 4) is 21.6 Å². The molecule has 3 amide bonds. The van der Waals surface area contributed by atoms with Gasteiger partial charge in [0.05, 0.1) is 45.7 Å². The van der Waals surface area contributed by atoms with Crippen molar-refractivity contribution in [2.24, 2.45) is 5.41 Å². The molecule has 5 heterocycles. The summed E-state index contributed by atoms with van der Waals surface area (Å²) >= 11 is 1.56. The zero-order valence-corrected chi connectivity index (χ0v) is 41.7. The van der Waals surface area contributed by atoms with Crippen LogP contribution in [0.15, 0.2) is 84.6 Å². The van der Waals surface area contributed by atoms with Gasteiger partial charge in [-0.3, -0.25) is 28.8 Å². The van der Waals surface area contributed by atoms with Crippen molar-refractivity contribution >= 4 is 67.3 Å². The molecule has 0 unspecified atom stereocenters. The first-order chi connectivity index (χ1) is 33.8. The number of halogens is 2. The van der Waals surface area contributed by atoms with Crippen LogP contribution in [0.1, 0.15) is 67.7 Å². The molecular weight excluding hydrogens is 953 g/mol. The molecule has 3 aromatic heterocycles. The molecular formula is C51H57F2N9O7S2. The molecule has 3 aromatic carbocycles. The van der Waals surface area contributed by atoms with E-state index in [0.29, 0.717) is 42.8 Å². The molecule has 0 aliphatic carbocycles. The Morgan fingerprint density at radius 1 is 0.944 bits per heavy atom. The van der Waals surface area contributed by atoms with E-state index < -0.39 is 68.2 Å². The zero-order chi connectivity index (χ0) is 50.8. The Morgan fingerprint density at radius 3 is 2.31 bits per heavy atom. The van der Waals surface area contributed by atoms with Gasteiger partial charge in [0.15, 0.2) is 5.82 Å². The van der Waals surface area contributed by atoms with Gasteiger partial charge in [-0.15, -0.1) is 11.3 Å². The van der Waals surface area contributed by atoms with Crippen molar-refractivity contribution < 1.29 is 41.5 Å². The average molecular weight is 1010 g/mol. The number of aromatic nitrogens is 3. The second kappa shape index (κ2) is 21.0. The van der Waals surface area contributed by atoms with Crippen LogP contribution < -0.4 is 20.3 Å². The second-order valence-electron chi connectivity index (χ2n) is 19.1. The number of nitrogens with one attached hydrogen (secondary N) is 4. The number of aliphatic hydroxyl groups is 1. The fraction of sp³-hybridized carbons (Fsp3) is 0.373. The molecule has 5 N–H and O–H groups in total. The topological polar surface area (TPSA) is 210 Å². The Morgan fingerprint density at radius 2 is 1.65 bits per heavy atom. The van der Waals surface area contributed by atoms with Crippen LogP contribution in [0.2, 0.25) is 0 Å². The van der Waals surface area contributed by atoms with Gasteiger partial charge in [0.2, 0.25) is 33.5 Å². The number of benzene rings is 3. The third kappa shape index (κ3) is 11.5. The highest BCUT2D eigenvalue weighted by molar-refractivity contribution is 7.92. The van der Waals surface area contributed by atoms with Gasteiger partial charge in [-0.25, -0.2) is 27.2 Å². The van der Waals surface area contributed by atoms with Gasteiger partial charge in [0.25, 0.3) is 0 Å². The van der Waals surface area contributed by atoms with Gasteiger partial charge < -0.3 is 30.5 Å². The number of sulfonamides is 1. The first-order valence-electron chi connectivity index (χ1n) is 23.4. The monoisotopic (exact) mass is 1010 g/mol. The standard InChI is InChI=1S/C51H57F2N9O7S2/c1-6-21-71(68,69)59-40-16-15-39(52)43(44(40)53)45(65)38-26-55-48-37(38)22-34(25-54-48)32-11-13-35(14-12-32)61-19-17-60(18-20-61)28-42(64)58-47(51(3,4)5)50(67)62-27-36(63)23-41(62)49(66)56-24-31-7-9-33(10-8-31)46-30(2)57-29-70-46/h7-16,22,25-26,29,36,41,47,59,63H,6,17-21,23-24,27-28H2,1-5H3,(H,54,55)(H,56,66)(H,58,64)/t36-,41-,47+/m0/s1. The van der Waals surface area contributed by atoms with Gasteiger partial charge in [-0.05, 0) is 65.8 Å². The predicted octanol–water partition coefficient (Wildman–Crippen LogP) is 6.25. The zero-order valence-electron chi connectivity index (χ0n) is 40.1. The van der Waals surface area contributed by atoms with Crippen molar-refractivity contribution in [2.45, 2.75) is 72.2 Å². The molecule has 2 aliphatic heterocycles. The molecule has 6 aromatic rings. The smallest absolute Gasteiger partial charge is 0.246 e. The molecule has 0 radical (unpaired) electrons. The number of β-amino-alcohol motifs (C(OH)–C–C–N with tert-alkyl or cyclic N) is 1. The number of hydrogen-bond donors (Lipinski definition) is 5. The maximum atomic E-state index is 15.6. The molecule has 2 aliphatic rings. The predicted molar refractivity (Wildman–Crippen MR) is 269 cm³/mol. The Labute approximate surface area is 414 Å². The van der Waals surface area contributed by atoms with Crippen LogP contribution in [0, 0.1) is 24.0 Å². The number of fused-ring (bicyclic) bond motifs is 1. The van der Waals surface area contributed by atoms with Crippen molar-refractivity contribution in [2.75, 3.05) is 54.6 Å². The van der Waals surface area contributed by atoms with Crippen LogP contribution in [0.5, 0.6) is 0 Å². The Bertz CT molecular complexity index is 3060. The lowest BCUT2D eigenvalue weighted by Gasteiger charge is -2.37. The number of rotatable bonds is 16. The summed E-state index contributed by atoms with van der Waals surface area (Å²) in [6.07, 6.45) is 2.40. The minimum Gasteiger partial charge on any atom is -0.391 e. The highest BCUT2D eigenvalue weighted by Gasteiger charge is 2.44. The third-order valence-corrected chi connectivity index (χ3v) is 15.3. The molecule has 0 spiro atoms. The average Bonchev–Trinajstić information content (AvgIpc) is 4.08. The van der Waals surface area contributed by atoms with Crippen LogP contribution in [-0.4, -0.2) is 125 Å². The molecule has 0 bridgehead atoms. The lowest BCUT2D eigenvalue weighted by molar-refractivity contribution is -0.144. The number of amides is 3. The number of nitrogens with zero attached hydrogens (tertiary/aromatic N) is 5. The van der Waals surface area contributed by atoms with Crippen molar-refractivity contribution in [3.05, 3.63) is 119 Å². The maximum Gasteiger partial charge on any atom is 0.246 e. The van der Waals surface area contributed by atoms with Crippen molar-refractivity contribution in [3.63, 3.8) is 0 Å². The molecule has 0 saturated carbocycles. The Kier molecular flexibility index (Phi) is 15.0. The van der Waals surface area contributed by atoms with Crippen LogP contribution in [0.25, 0.3) is 32.6 Å². The summed E-state index contributed by atoms with van der Waals surface area (Å²) in [5, 5.41) is 16.9. The number of carbonyl (C=O) groups is 4. The van der Waals surface area contributed by atoms with Gasteiger partial charge in [0, 0.05) is 80.3 Å². The molecule has 8 rings (SSSR count). The van der Waals surface area contributed by atoms with E-state index in [1.807, 2.05) is 81.1 Å². The number of piperazine rings is 1. The normalized spacial score (nSPS) is 17.1. The number of anilines is 2. The van der Waals surface area contributed by atoms with Gasteiger partial charge in [-0.2, -0.15) is 0 Å². The number of aliphatic hydroxyl groups excluding tert-OH is 1. The maximum absolute atomic E-state index is 15.6. The van der Waals surface area contributed by atoms with Gasteiger partial charge >= 0.3 is 0 Å². The van der Waals surface area contributed by atoms with E-state index in [4.69, 9.17) is 0 Å². The first kappa shape index (κ1) is 50.8. The van der Waals surface area contributed by atoms with Crippen LogP contribution in [0.3, 0.4) is 0 Å². The lowest BCUT2D eigenvalue weighted by atomic mass is 9.85. The summed E-state index contributed by atoms with van der Waals surface area (Å²) in [5.41, 5.74) is 5.18. The van der Waals surface area contributed by atoms with E-state index in [2.05, 4.69) is 35.2 Å². The van der Waals surface area contributed by atoms with E-state index >= 15 is 8.78 Å². The first-order valence-corrected chi connectivity index (χ1v) is 26.0. The summed E-state index contributed by atoms with van der Waals surface area (Å²) in [5.74, 6) is -4.85. The fourth-order valence-electron chi connectivity index (χ4n) is 9.03. The molecule has 16 nitrogen and oxygen atoms in total. The fourth-order valence-corrected chi connectivity index (χ4v) is 11.0. The van der Waals surface area contributed by atoms with E-state index in [9.17, 15) is 32.7 Å². The molecule has 2 fully saturated rings. The largest absolute Gasteiger partial charge is 0.391 e. The quantitative estimate of drug-likeness (QED) is 0.0685. The summed E-state index contributed by atoms with van der Waals surface area (Å²) in [6, 6.07) is 17.2. The molecule has 374 valence electrons. The lowest BCUT2D eigenvalue weighted by Crippen LogP contribution is -2.59.